The summed E-state index contributed by atoms with van der Waals surface area (Å²) in [5.41, 5.74) is -1.56. The fraction of sp³-hybridized carbons (Fsp3) is 0.400. The molecule has 0 saturated carbocycles. The molecule has 2 unspecified atom stereocenters. The number of fused-ring (bicyclic) bond motifs is 2. The van der Waals surface area contributed by atoms with Crippen LogP contribution in [0.4, 0.5) is 23.2 Å². The maximum Gasteiger partial charge on any atom is 0.268 e. The molecule has 0 radical (unpaired) electrons. The van der Waals surface area contributed by atoms with Crippen LogP contribution in [0.3, 0.4) is 0 Å². The number of anilines is 1. The molecule has 32 heavy (non-hydrogen) atoms. The quantitative estimate of drug-likeness (QED) is 0.447. The summed E-state index contributed by atoms with van der Waals surface area (Å²) in [6, 6.07) is 11.3. The van der Waals surface area contributed by atoms with E-state index in [9.17, 15) is 18.3 Å². The number of hydrogen-bond acceptors (Lipinski definition) is 3. The van der Waals surface area contributed by atoms with E-state index in [1.807, 2.05) is 13.0 Å². The van der Waals surface area contributed by atoms with E-state index in [1.54, 1.807) is 24.3 Å². The van der Waals surface area contributed by atoms with Crippen molar-refractivity contribution in [2.45, 2.75) is 57.2 Å². The predicted molar refractivity (Wildman–Crippen MR) is 117 cm³/mol. The molecular formula is C25H26F4N2O. The van der Waals surface area contributed by atoms with Crippen LogP contribution in [-0.4, -0.2) is 28.7 Å². The summed E-state index contributed by atoms with van der Waals surface area (Å²) in [6.07, 6.45) is -2.12. The molecule has 1 heterocycles. The van der Waals surface area contributed by atoms with E-state index >= 15 is 4.39 Å². The van der Waals surface area contributed by atoms with Crippen molar-refractivity contribution in [3.05, 3.63) is 70.7 Å². The molecule has 2 atom stereocenters. The fourth-order valence-electron chi connectivity index (χ4n) is 4.68. The Hall–Kier alpha value is -2.67. The number of nitrogens with zero attached hydrogens (tertiary/aromatic N) is 1. The van der Waals surface area contributed by atoms with E-state index in [1.165, 1.54) is 6.07 Å². The Morgan fingerprint density at radius 3 is 2.69 bits per heavy atom. The Bertz CT molecular complexity index is 1150. The molecule has 4 rings (SSSR count). The molecule has 2 aromatic carbocycles. The first-order valence-corrected chi connectivity index (χ1v) is 10.7. The van der Waals surface area contributed by atoms with Crippen molar-refractivity contribution in [1.29, 1.82) is 0 Å². The van der Waals surface area contributed by atoms with Gasteiger partial charge in [0.2, 0.25) is 0 Å². The van der Waals surface area contributed by atoms with Gasteiger partial charge in [-0.05, 0) is 86.2 Å². The topological polar surface area (TPSA) is 45.1 Å². The third kappa shape index (κ3) is 4.31. The average Bonchev–Trinajstić information content (AvgIpc) is 3.19. The van der Waals surface area contributed by atoms with Crippen molar-refractivity contribution >= 4 is 16.6 Å². The van der Waals surface area contributed by atoms with Gasteiger partial charge in [0.25, 0.3) is 6.43 Å². The zero-order valence-electron chi connectivity index (χ0n) is 18.1. The van der Waals surface area contributed by atoms with E-state index in [-0.39, 0.29) is 5.56 Å². The van der Waals surface area contributed by atoms with Crippen LogP contribution in [0.1, 0.15) is 42.1 Å². The normalized spacial score (nSPS) is 17.2. The number of nitrogens with one attached hydrogen (secondary N) is 1. The first-order chi connectivity index (χ1) is 15.1. The smallest absolute Gasteiger partial charge is 0.268 e. The van der Waals surface area contributed by atoms with Crippen molar-refractivity contribution < 1.29 is 22.7 Å². The lowest BCUT2D eigenvalue weighted by Crippen LogP contribution is -2.48. The molecule has 3 aromatic rings. The Balaban J connectivity index is 1.61. The van der Waals surface area contributed by atoms with Crippen LogP contribution in [0.25, 0.3) is 10.9 Å². The summed E-state index contributed by atoms with van der Waals surface area (Å²) in [4.78, 5) is 4.41. The van der Waals surface area contributed by atoms with E-state index < -0.39 is 36.5 Å². The second kappa shape index (κ2) is 8.35. The lowest BCUT2D eigenvalue weighted by atomic mass is 9.81. The van der Waals surface area contributed by atoms with Crippen LogP contribution < -0.4 is 5.32 Å². The van der Waals surface area contributed by atoms with Crippen LogP contribution >= 0.6 is 0 Å². The van der Waals surface area contributed by atoms with Crippen LogP contribution in [-0.2, 0) is 18.5 Å². The summed E-state index contributed by atoms with van der Waals surface area (Å²) >= 11 is 0. The number of aromatic nitrogens is 1. The second-order valence-corrected chi connectivity index (χ2v) is 8.90. The van der Waals surface area contributed by atoms with Crippen molar-refractivity contribution in [2.24, 2.45) is 0 Å². The van der Waals surface area contributed by atoms with E-state index in [4.69, 9.17) is 0 Å². The number of hydrogen-bond donors (Lipinski definition) is 2. The average molecular weight is 446 g/mol. The number of pyridine rings is 1. The Morgan fingerprint density at radius 2 is 1.94 bits per heavy atom. The molecule has 0 bridgehead atoms. The SMILES string of the molecule is Cc1ccc2c(NCC(O)(CC(C)(F)c3cc(F)cc4c3CCC4)C(F)F)cccc2n1. The van der Waals surface area contributed by atoms with Crippen LogP contribution in [0, 0.1) is 12.7 Å². The van der Waals surface area contributed by atoms with E-state index in [2.05, 4.69) is 10.3 Å². The Kier molecular flexibility index (Phi) is 5.88. The highest BCUT2D eigenvalue weighted by atomic mass is 19.3. The van der Waals surface area contributed by atoms with Gasteiger partial charge >= 0.3 is 0 Å². The Labute approximate surface area is 184 Å². The van der Waals surface area contributed by atoms with Crippen molar-refractivity contribution in [3.8, 4) is 0 Å². The third-order valence-electron chi connectivity index (χ3n) is 6.24. The van der Waals surface area contributed by atoms with Crippen LogP contribution in [0.2, 0.25) is 0 Å². The first kappa shape index (κ1) is 22.5. The molecule has 1 aromatic heterocycles. The highest BCUT2D eigenvalue weighted by Crippen LogP contribution is 2.42. The van der Waals surface area contributed by atoms with Gasteiger partial charge in [-0.25, -0.2) is 17.6 Å². The third-order valence-corrected chi connectivity index (χ3v) is 6.24. The minimum Gasteiger partial charge on any atom is -0.382 e. The fourth-order valence-corrected chi connectivity index (χ4v) is 4.68. The molecular weight excluding hydrogens is 420 g/mol. The van der Waals surface area contributed by atoms with Gasteiger partial charge in [-0.3, -0.25) is 4.98 Å². The van der Waals surface area contributed by atoms with Gasteiger partial charge in [-0.15, -0.1) is 0 Å². The predicted octanol–water partition coefficient (Wildman–Crippen LogP) is 5.85. The monoisotopic (exact) mass is 446 g/mol. The second-order valence-electron chi connectivity index (χ2n) is 8.90. The van der Waals surface area contributed by atoms with E-state index in [0.29, 0.717) is 40.6 Å². The standard InChI is InChI=1S/C25H26F4N2O/c1-15-9-10-19-21(7-4-8-22(19)31-15)30-14-25(32,23(27)28)13-24(2,29)20-12-17(26)11-16-5-3-6-18(16)20/h4,7-12,23,30,32H,3,5-6,13-14H2,1-2H3. The summed E-state index contributed by atoms with van der Waals surface area (Å²) in [7, 11) is 0. The zero-order valence-corrected chi connectivity index (χ0v) is 18.1. The van der Waals surface area contributed by atoms with Crippen molar-refractivity contribution in [1.82, 2.24) is 4.98 Å². The number of aryl methyl sites for hydroxylation is 2. The number of alkyl halides is 3. The molecule has 0 spiro atoms. The number of rotatable bonds is 7. The van der Waals surface area contributed by atoms with Gasteiger partial charge < -0.3 is 10.4 Å². The first-order valence-electron chi connectivity index (χ1n) is 10.7. The zero-order chi connectivity index (χ0) is 23.1. The lowest BCUT2D eigenvalue weighted by Gasteiger charge is -2.35. The van der Waals surface area contributed by atoms with Crippen molar-refractivity contribution in [3.63, 3.8) is 0 Å². The highest BCUT2D eigenvalue weighted by molar-refractivity contribution is 5.91. The number of aliphatic hydroxyl groups is 1. The van der Waals surface area contributed by atoms with Crippen LogP contribution in [0.5, 0.6) is 0 Å². The van der Waals surface area contributed by atoms with Gasteiger partial charge in [0, 0.05) is 29.7 Å². The van der Waals surface area contributed by atoms with E-state index in [0.717, 1.165) is 25.1 Å². The maximum absolute atomic E-state index is 15.8. The number of halogens is 4. The van der Waals surface area contributed by atoms with Gasteiger partial charge in [-0.1, -0.05) is 6.07 Å². The minimum atomic E-state index is -3.21. The highest BCUT2D eigenvalue weighted by Gasteiger charge is 2.46. The summed E-state index contributed by atoms with van der Waals surface area (Å²) in [5.74, 6) is -0.596. The number of benzene rings is 2. The molecule has 0 aliphatic heterocycles. The summed E-state index contributed by atoms with van der Waals surface area (Å²) in [6.45, 7) is 2.41. The molecule has 0 fully saturated rings. The molecule has 0 amide bonds. The minimum absolute atomic E-state index is 0.0499. The largest absolute Gasteiger partial charge is 0.382 e. The summed E-state index contributed by atoms with van der Waals surface area (Å²) < 4.78 is 58.0. The molecule has 1 aliphatic carbocycles. The maximum atomic E-state index is 15.8. The molecule has 170 valence electrons. The van der Waals surface area contributed by atoms with Gasteiger partial charge in [0.05, 0.1) is 5.52 Å². The lowest BCUT2D eigenvalue weighted by molar-refractivity contribution is -0.116. The molecule has 1 aliphatic rings. The Morgan fingerprint density at radius 1 is 1.16 bits per heavy atom. The van der Waals surface area contributed by atoms with Gasteiger partial charge in [0.15, 0.2) is 0 Å². The molecule has 0 saturated heterocycles. The molecule has 2 N–H and O–H groups in total. The molecule has 3 nitrogen and oxygen atoms in total. The molecule has 7 heteroatoms. The van der Waals surface area contributed by atoms with Gasteiger partial charge in [0.1, 0.15) is 17.1 Å². The summed E-state index contributed by atoms with van der Waals surface area (Å²) in [5, 5.41) is 14.4. The van der Waals surface area contributed by atoms with Crippen LogP contribution in [0.15, 0.2) is 42.5 Å². The van der Waals surface area contributed by atoms with Gasteiger partial charge in [-0.2, -0.15) is 0 Å². The van der Waals surface area contributed by atoms with Crippen molar-refractivity contribution in [2.75, 3.05) is 11.9 Å².